The molecule has 0 spiro atoms. The van der Waals surface area contributed by atoms with Crippen LogP contribution < -0.4 is 5.32 Å². The number of carbonyl (C=O) groups excluding carboxylic acids is 4. The van der Waals surface area contributed by atoms with Gasteiger partial charge in [-0.05, 0) is 80.8 Å². The van der Waals surface area contributed by atoms with Gasteiger partial charge in [0.15, 0.2) is 30.4 Å². The van der Waals surface area contributed by atoms with Crippen molar-refractivity contribution in [3.05, 3.63) is 0 Å². The number of fused-ring (bicyclic) bond motifs is 4. The van der Waals surface area contributed by atoms with E-state index >= 15 is 0 Å². The molecule has 0 aromatic carbocycles. The van der Waals surface area contributed by atoms with Gasteiger partial charge in [0.05, 0.1) is 24.2 Å². The maximum atomic E-state index is 14.6. The first-order chi connectivity index (χ1) is 27.0. The molecule has 1 unspecified atom stereocenters. The van der Waals surface area contributed by atoms with Crippen molar-refractivity contribution in [1.82, 2.24) is 10.2 Å². The standard InChI is InChI=1S/C41H68N2O15/c1-15-27-41(11)33(56-38(48)58-41)21(4)29-19(2)17-40(10,57-37(47)42-29)32(55-36-30(45)26(43(12)13)16-20(3)50-36)22(5)31(23(6)35(46)53-27)54-28-18-39(9,49-14)34(24(7)51-28)52-25(8)44/h19-24,26-34,36,45H,15-18H2,1-14H3,(H,42,47)/t19-,20-,21-,22+,23-,24+,26+,27+,28+,29+,30-,31+,32-,33?,34+,36+,39-,40+,41-/m1/s1. The van der Waals surface area contributed by atoms with Gasteiger partial charge in [0, 0.05) is 44.4 Å². The molecule has 5 fully saturated rings. The van der Waals surface area contributed by atoms with Gasteiger partial charge in [0.25, 0.3) is 0 Å². The largest absolute Gasteiger partial charge is 0.509 e. The van der Waals surface area contributed by atoms with Crippen LogP contribution in [-0.4, -0.2) is 146 Å². The third-order valence-electron chi connectivity index (χ3n) is 13.4. The lowest BCUT2D eigenvalue weighted by Crippen LogP contribution is -2.61. The molecule has 0 aliphatic carbocycles. The van der Waals surface area contributed by atoms with Crippen molar-refractivity contribution >= 4 is 24.2 Å². The summed E-state index contributed by atoms with van der Waals surface area (Å²) in [6.07, 6.45) is -9.45. The number of esters is 2. The van der Waals surface area contributed by atoms with Crippen LogP contribution in [0.5, 0.6) is 0 Å². The lowest BCUT2D eigenvalue weighted by atomic mass is 9.72. The maximum Gasteiger partial charge on any atom is 0.509 e. The SMILES string of the molecule is CC[C@@H]1OC(=O)[C@H](C)[C@@H](O[C@H]2C[C@@](C)(OC)[C@@H](OC(C)=O)[C@H](C)O2)[C@H](C)[C@@H](O[C@@H]2O[C@H](C)C[C@H](N(C)C)[C@H]2O)[C@]2(C)C[C@@H](C)[C@H](NC(=O)O2)[C@@H](C)C2OC(=O)O[C@@]21C. The molecule has 0 aromatic heterocycles. The molecule has 2 N–H and O–H groups in total. The number of likely N-dealkylation sites (N-methyl/N-ethyl adjacent to an activating group) is 1. The van der Waals surface area contributed by atoms with Crippen molar-refractivity contribution in [3.63, 3.8) is 0 Å². The summed E-state index contributed by atoms with van der Waals surface area (Å²) in [6.45, 7) is 19.4. The second-order valence-corrected chi connectivity index (χ2v) is 18.2. The molecule has 5 aliphatic heterocycles. The Hall–Kier alpha value is -2.80. The first-order valence-electron chi connectivity index (χ1n) is 20.8. The molecule has 5 rings (SSSR count). The highest BCUT2D eigenvalue weighted by Crippen LogP contribution is 2.46. The van der Waals surface area contributed by atoms with Crippen LogP contribution in [0.3, 0.4) is 0 Å². The number of nitrogens with zero attached hydrogens (tertiary/aromatic N) is 1. The number of amides is 1. The highest BCUT2D eigenvalue weighted by atomic mass is 16.8. The highest BCUT2D eigenvalue weighted by molar-refractivity contribution is 5.73. The summed E-state index contributed by atoms with van der Waals surface area (Å²) in [6, 6.07) is -0.903. The lowest BCUT2D eigenvalue weighted by Gasteiger charge is -2.49. The van der Waals surface area contributed by atoms with E-state index in [1.165, 1.54) is 14.0 Å². The molecular formula is C41H68N2O15. The Bertz CT molecular complexity index is 1500. The number of aliphatic hydroxyl groups is 1. The summed E-state index contributed by atoms with van der Waals surface area (Å²) in [5, 5.41) is 14.8. The second-order valence-electron chi connectivity index (χ2n) is 18.2. The summed E-state index contributed by atoms with van der Waals surface area (Å²) < 4.78 is 62.4. The normalized spacial score (nSPS) is 47.7. The van der Waals surface area contributed by atoms with Gasteiger partial charge in [-0.1, -0.05) is 27.7 Å². The van der Waals surface area contributed by atoms with Crippen LogP contribution in [0.25, 0.3) is 0 Å². The average molecular weight is 829 g/mol. The minimum Gasteiger partial charge on any atom is -0.458 e. The Morgan fingerprint density at radius 2 is 1.60 bits per heavy atom. The molecule has 17 heteroatoms. The highest BCUT2D eigenvalue weighted by Gasteiger charge is 2.61. The predicted molar refractivity (Wildman–Crippen MR) is 205 cm³/mol. The van der Waals surface area contributed by atoms with Gasteiger partial charge in [0.2, 0.25) is 0 Å². The van der Waals surface area contributed by atoms with Gasteiger partial charge in [0.1, 0.15) is 29.5 Å². The number of hydrogen-bond donors (Lipinski definition) is 2. The van der Waals surface area contributed by atoms with Crippen molar-refractivity contribution in [2.24, 2.45) is 23.7 Å². The monoisotopic (exact) mass is 828 g/mol. The second kappa shape index (κ2) is 17.7. The van der Waals surface area contributed by atoms with Gasteiger partial charge in [-0.25, -0.2) is 9.59 Å². The zero-order valence-electron chi connectivity index (χ0n) is 36.7. The molecular weight excluding hydrogens is 760 g/mol. The number of methoxy groups -OCH3 is 1. The molecule has 19 atom stereocenters. The van der Waals surface area contributed by atoms with Crippen LogP contribution >= 0.6 is 0 Å². The van der Waals surface area contributed by atoms with E-state index in [0.717, 1.165) is 0 Å². The summed E-state index contributed by atoms with van der Waals surface area (Å²) in [5.74, 6) is -3.80. The van der Waals surface area contributed by atoms with E-state index in [9.17, 15) is 24.3 Å². The summed E-state index contributed by atoms with van der Waals surface area (Å²) in [7, 11) is 5.26. The number of alkyl carbamates (subject to hydrolysis) is 1. The molecule has 17 nitrogen and oxygen atoms in total. The number of nitrogens with one attached hydrogen (secondary N) is 1. The Morgan fingerprint density at radius 1 is 0.931 bits per heavy atom. The zero-order chi connectivity index (χ0) is 43.2. The molecule has 5 saturated heterocycles. The van der Waals surface area contributed by atoms with Gasteiger partial charge in [-0.15, -0.1) is 0 Å². The van der Waals surface area contributed by atoms with E-state index in [0.29, 0.717) is 6.42 Å². The third kappa shape index (κ3) is 9.10. The molecule has 0 radical (unpaired) electrons. The van der Waals surface area contributed by atoms with Crippen molar-refractivity contribution in [2.75, 3.05) is 21.2 Å². The topological polar surface area (TPSA) is 196 Å². The van der Waals surface area contributed by atoms with Crippen molar-refractivity contribution in [2.45, 2.75) is 192 Å². The van der Waals surface area contributed by atoms with Crippen LogP contribution in [0.1, 0.15) is 102 Å². The molecule has 58 heavy (non-hydrogen) atoms. The lowest BCUT2D eigenvalue weighted by molar-refractivity contribution is -0.318. The van der Waals surface area contributed by atoms with Crippen molar-refractivity contribution in [1.29, 1.82) is 0 Å². The molecule has 1 amide bonds. The Kier molecular flexibility index (Phi) is 14.1. The van der Waals surface area contributed by atoms with Gasteiger partial charge in [-0.2, -0.15) is 0 Å². The number of rotatable bonds is 8. The van der Waals surface area contributed by atoms with E-state index in [2.05, 4.69) is 5.32 Å². The zero-order valence-corrected chi connectivity index (χ0v) is 36.7. The summed E-state index contributed by atoms with van der Waals surface area (Å²) >= 11 is 0. The summed E-state index contributed by atoms with van der Waals surface area (Å²) in [5.41, 5.74) is -3.87. The minimum absolute atomic E-state index is 0.103. The van der Waals surface area contributed by atoms with E-state index in [1.54, 1.807) is 34.6 Å². The van der Waals surface area contributed by atoms with Gasteiger partial charge < -0.3 is 62.7 Å². The fourth-order valence-electron chi connectivity index (χ4n) is 10.3. The van der Waals surface area contributed by atoms with E-state index in [-0.39, 0.29) is 37.3 Å². The van der Waals surface area contributed by atoms with Gasteiger partial charge in [-0.3, -0.25) is 9.59 Å². The molecule has 0 aromatic rings. The van der Waals surface area contributed by atoms with Crippen LogP contribution in [-0.2, 0) is 57.0 Å². The Balaban J connectivity index is 1.65. The first kappa shape index (κ1) is 46.3. The first-order valence-corrected chi connectivity index (χ1v) is 20.8. The number of hydrogen-bond acceptors (Lipinski definition) is 16. The number of carbonyl (C=O) groups is 4. The molecule has 2 bridgehead atoms. The summed E-state index contributed by atoms with van der Waals surface area (Å²) in [4.78, 5) is 55.5. The van der Waals surface area contributed by atoms with Crippen molar-refractivity contribution in [3.8, 4) is 0 Å². The van der Waals surface area contributed by atoms with Crippen molar-refractivity contribution < 1.29 is 71.7 Å². The number of ether oxygens (including phenoxy) is 10. The maximum absolute atomic E-state index is 14.6. The average Bonchev–Trinajstić information content (AvgIpc) is 3.39. The predicted octanol–water partition coefficient (Wildman–Crippen LogP) is 4.09. The van der Waals surface area contributed by atoms with E-state index in [4.69, 9.17) is 47.4 Å². The number of aliphatic hydroxyl groups excluding tert-OH is 1. The Labute approximate surface area is 342 Å². The fourth-order valence-corrected chi connectivity index (χ4v) is 10.3. The van der Waals surface area contributed by atoms with Crippen LogP contribution in [0.15, 0.2) is 0 Å². The fraction of sp³-hybridized carbons (Fsp3) is 0.902. The van der Waals surface area contributed by atoms with Crippen LogP contribution in [0.4, 0.5) is 9.59 Å². The number of cyclic esters (lactones) is 1. The Morgan fingerprint density at radius 3 is 2.21 bits per heavy atom. The molecule has 0 saturated carbocycles. The smallest absolute Gasteiger partial charge is 0.458 e. The van der Waals surface area contributed by atoms with Crippen LogP contribution in [0.2, 0.25) is 0 Å². The quantitative estimate of drug-likeness (QED) is 0.262. The van der Waals surface area contributed by atoms with Gasteiger partial charge >= 0.3 is 24.2 Å². The van der Waals surface area contributed by atoms with E-state index < -0.39 is 120 Å². The molecule has 332 valence electrons. The third-order valence-corrected chi connectivity index (χ3v) is 13.4. The van der Waals surface area contributed by atoms with E-state index in [1.807, 2.05) is 53.6 Å². The minimum atomic E-state index is -1.42. The molecule has 5 heterocycles. The molecule has 5 aliphatic rings. The van der Waals surface area contributed by atoms with Crippen LogP contribution in [0, 0.1) is 23.7 Å².